The van der Waals surface area contributed by atoms with Gasteiger partial charge in [0.25, 0.3) is 0 Å². The van der Waals surface area contributed by atoms with Crippen molar-refractivity contribution in [2.24, 2.45) is 5.41 Å². The average Bonchev–Trinajstić information content (AvgIpc) is 2.36. The lowest BCUT2D eigenvalue weighted by Crippen LogP contribution is -2.50. The summed E-state index contributed by atoms with van der Waals surface area (Å²) in [4.78, 5) is 23.5. The number of hydrogen-bond donors (Lipinski definition) is 1. The van der Waals surface area contributed by atoms with E-state index in [4.69, 9.17) is 9.84 Å². The van der Waals surface area contributed by atoms with Crippen LogP contribution >= 0.6 is 0 Å². The van der Waals surface area contributed by atoms with Crippen molar-refractivity contribution in [1.82, 2.24) is 4.90 Å². The van der Waals surface area contributed by atoms with E-state index in [-0.39, 0.29) is 18.0 Å². The Balaban J connectivity index is 2.44. The van der Waals surface area contributed by atoms with Crippen LogP contribution < -0.4 is 0 Å². The molecule has 0 radical (unpaired) electrons. The highest BCUT2D eigenvalue weighted by Crippen LogP contribution is 2.43. The Morgan fingerprint density at radius 3 is 2.53 bits per heavy atom. The van der Waals surface area contributed by atoms with Crippen molar-refractivity contribution in [2.75, 3.05) is 0 Å². The van der Waals surface area contributed by atoms with Crippen molar-refractivity contribution < 1.29 is 19.4 Å². The normalized spacial score (nSPS) is 24.9. The van der Waals surface area contributed by atoms with E-state index in [1.807, 2.05) is 20.8 Å². The second-order valence-electron chi connectivity index (χ2n) is 4.77. The third-order valence-electron chi connectivity index (χ3n) is 2.50. The largest absolute Gasteiger partial charge is 0.476 e. The molecule has 0 aromatic heterocycles. The summed E-state index contributed by atoms with van der Waals surface area (Å²) in [5, 5.41) is 9.06. The van der Waals surface area contributed by atoms with E-state index in [0.29, 0.717) is 5.76 Å². The van der Waals surface area contributed by atoms with E-state index in [1.165, 1.54) is 4.90 Å². The molecule has 5 nitrogen and oxygen atoms in total. The molecule has 2 heterocycles. The lowest BCUT2D eigenvalue weighted by atomic mass is 9.92. The number of rotatable bonds is 1. The minimum absolute atomic E-state index is 0.00347. The molecule has 1 amide bonds. The fourth-order valence-corrected chi connectivity index (χ4v) is 1.78. The molecule has 0 aromatic rings. The maximum Gasteiger partial charge on any atom is 0.356 e. The molecule has 0 spiro atoms. The van der Waals surface area contributed by atoms with Gasteiger partial charge in [0.15, 0.2) is 11.9 Å². The monoisotopic (exact) mass is 211 g/mol. The molecule has 0 saturated carbocycles. The Bertz CT molecular complexity index is 377. The fraction of sp³-hybridized carbons (Fsp3) is 0.600. The Morgan fingerprint density at radius 2 is 2.13 bits per heavy atom. The lowest BCUT2D eigenvalue weighted by molar-refractivity contribution is -0.158. The minimum atomic E-state index is -1.10. The van der Waals surface area contributed by atoms with Crippen LogP contribution in [-0.4, -0.2) is 28.1 Å². The number of carboxylic acid groups (broad SMARTS) is 1. The molecule has 1 N–H and O–H groups in total. The third-order valence-corrected chi connectivity index (χ3v) is 2.50. The summed E-state index contributed by atoms with van der Waals surface area (Å²) >= 11 is 0. The van der Waals surface area contributed by atoms with Crippen LogP contribution in [0.3, 0.4) is 0 Å². The highest BCUT2D eigenvalue weighted by atomic mass is 16.5. The van der Waals surface area contributed by atoms with Crippen molar-refractivity contribution in [3.63, 3.8) is 0 Å². The quantitative estimate of drug-likeness (QED) is 0.655. The SMILES string of the molecule is CC(C)(C)C1=C(C(=O)O)N2C(=O)C[C@H]2O1. The molecule has 1 atom stereocenters. The van der Waals surface area contributed by atoms with Crippen LogP contribution in [0.5, 0.6) is 0 Å². The van der Waals surface area contributed by atoms with Gasteiger partial charge in [-0.05, 0) is 0 Å². The van der Waals surface area contributed by atoms with E-state index in [0.717, 1.165) is 0 Å². The molecule has 2 aliphatic heterocycles. The first kappa shape index (κ1) is 10.0. The lowest BCUT2D eigenvalue weighted by Gasteiger charge is -2.32. The zero-order chi connectivity index (χ0) is 11.4. The minimum Gasteiger partial charge on any atom is -0.476 e. The van der Waals surface area contributed by atoms with Gasteiger partial charge in [-0.1, -0.05) is 20.8 Å². The van der Waals surface area contributed by atoms with E-state index in [9.17, 15) is 9.59 Å². The van der Waals surface area contributed by atoms with Crippen molar-refractivity contribution in [3.05, 3.63) is 11.5 Å². The van der Waals surface area contributed by atoms with Gasteiger partial charge in [0.2, 0.25) is 5.91 Å². The molecule has 0 aliphatic carbocycles. The molecular formula is C10H13NO4. The highest BCUT2D eigenvalue weighted by molar-refractivity contribution is 5.97. The number of fused-ring (bicyclic) bond motifs is 1. The first-order chi connectivity index (χ1) is 6.82. The number of aliphatic carboxylic acids is 1. The second-order valence-corrected chi connectivity index (χ2v) is 4.77. The predicted octanol–water partition coefficient (Wildman–Crippen LogP) is 0.917. The van der Waals surface area contributed by atoms with Gasteiger partial charge in [-0.2, -0.15) is 0 Å². The summed E-state index contributed by atoms with van der Waals surface area (Å²) in [6.07, 6.45) is -0.117. The Kier molecular flexibility index (Phi) is 1.83. The molecule has 82 valence electrons. The van der Waals surface area contributed by atoms with Gasteiger partial charge in [0.1, 0.15) is 5.76 Å². The van der Waals surface area contributed by atoms with Crippen LogP contribution in [0.2, 0.25) is 0 Å². The molecular weight excluding hydrogens is 198 g/mol. The van der Waals surface area contributed by atoms with E-state index < -0.39 is 17.6 Å². The average molecular weight is 211 g/mol. The summed E-state index contributed by atoms with van der Waals surface area (Å²) in [5.74, 6) is -0.891. The van der Waals surface area contributed by atoms with Gasteiger partial charge in [-0.25, -0.2) is 4.79 Å². The number of ether oxygens (including phenoxy) is 1. The number of allylic oxidation sites excluding steroid dienone is 1. The Morgan fingerprint density at radius 1 is 1.53 bits per heavy atom. The molecule has 2 aliphatic rings. The summed E-state index contributed by atoms with van der Waals surface area (Å²) in [6, 6.07) is 0. The number of carboxylic acids is 1. The zero-order valence-electron chi connectivity index (χ0n) is 8.90. The second kappa shape index (κ2) is 2.74. The molecule has 1 saturated heterocycles. The molecule has 0 unspecified atom stereocenters. The Hall–Kier alpha value is -1.52. The van der Waals surface area contributed by atoms with Crippen molar-refractivity contribution in [3.8, 4) is 0 Å². The molecule has 5 heteroatoms. The predicted molar refractivity (Wildman–Crippen MR) is 50.5 cm³/mol. The number of amides is 1. The zero-order valence-corrected chi connectivity index (χ0v) is 8.90. The van der Waals surface area contributed by atoms with Crippen molar-refractivity contribution in [1.29, 1.82) is 0 Å². The number of carbonyl (C=O) groups is 2. The van der Waals surface area contributed by atoms with Gasteiger partial charge in [0, 0.05) is 5.41 Å². The van der Waals surface area contributed by atoms with Crippen molar-refractivity contribution in [2.45, 2.75) is 33.4 Å². The van der Waals surface area contributed by atoms with Crippen LogP contribution in [-0.2, 0) is 14.3 Å². The number of β-lactam (4-membered cyclic amide) rings is 1. The van der Waals surface area contributed by atoms with Crippen LogP contribution in [0.1, 0.15) is 27.2 Å². The van der Waals surface area contributed by atoms with Gasteiger partial charge in [-0.3, -0.25) is 9.69 Å². The molecule has 1 fully saturated rings. The first-order valence-electron chi connectivity index (χ1n) is 4.79. The number of nitrogens with zero attached hydrogens (tertiary/aromatic N) is 1. The van der Waals surface area contributed by atoms with Crippen molar-refractivity contribution >= 4 is 11.9 Å². The maximum atomic E-state index is 11.2. The van der Waals surface area contributed by atoms with Gasteiger partial charge in [-0.15, -0.1) is 0 Å². The van der Waals surface area contributed by atoms with Crippen LogP contribution in [0.25, 0.3) is 0 Å². The van der Waals surface area contributed by atoms with E-state index in [2.05, 4.69) is 0 Å². The van der Waals surface area contributed by atoms with Crippen LogP contribution in [0.15, 0.2) is 11.5 Å². The number of carbonyl (C=O) groups excluding carboxylic acids is 1. The molecule has 15 heavy (non-hydrogen) atoms. The summed E-state index contributed by atoms with van der Waals surface area (Å²) in [6.45, 7) is 5.59. The summed E-state index contributed by atoms with van der Waals surface area (Å²) in [7, 11) is 0. The number of hydrogen-bond acceptors (Lipinski definition) is 3. The molecule has 2 rings (SSSR count). The third kappa shape index (κ3) is 1.30. The van der Waals surface area contributed by atoms with Gasteiger partial charge < -0.3 is 9.84 Å². The molecule has 0 bridgehead atoms. The van der Waals surface area contributed by atoms with Gasteiger partial charge in [0.05, 0.1) is 6.42 Å². The Labute approximate surface area is 87.3 Å². The van der Waals surface area contributed by atoms with Crippen LogP contribution in [0, 0.1) is 5.41 Å². The smallest absolute Gasteiger partial charge is 0.356 e. The maximum absolute atomic E-state index is 11.2. The fourth-order valence-electron chi connectivity index (χ4n) is 1.78. The summed E-state index contributed by atoms with van der Waals surface area (Å²) in [5.41, 5.74) is -0.394. The van der Waals surface area contributed by atoms with E-state index in [1.54, 1.807) is 0 Å². The van der Waals surface area contributed by atoms with Gasteiger partial charge >= 0.3 is 5.97 Å². The first-order valence-corrected chi connectivity index (χ1v) is 4.79. The summed E-state index contributed by atoms with van der Waals surface area (Å²) < 4.78 is 5.47. The van der Waals surface area contributed by atoms with Crippen LogP contribution in [0.4, 0.5) is 0 Å². The molecule has 0 aromatic carbocycles. The standard InChI is InChI=1S/C10H13NO4/c1-10(2,3)8-7(9(13)14)11-5(12)4-6(11)15-8/h6H,4H2,1-3H3,(H,13,14)/t6-/m1/s1. The van der Waals surface area contributed by atoms with E-state index >= 15 is 0 Å². The topological polar surface area (TPSA) is 66.8 Å². The highest BCUT2D eigenvalue weighted by Gasteiger charge is 2.51.